The van der Waals surface area contributed by atoms with E-state index in [1.165, 1.54) is 14.2 Å². The minimum Gasteiger partial charge on any atom is -0.433 e. The minimum atomic E-state index is -0.949. The molecule has 1 aromatic carbocycles. The number of carbonyl (C=O) groups excluding carboxylic acids is 2. The van der Waals surface area contributed by atoms with Gasteiger partial charge in [-0.2, -0.15) is 0 Å². The molecule has 0 aromatic heterocycles. The molecule has 116 valence electrons. The Balaban J connectivity index is 2.45. The first-order valence-corrected chi connectivity index (χ1v) is 6.56. The number of carbonyl (C=O) groups is 2. The molecule has 0 saturated carbocycles. The van der Waals surface area contributed by atoms with E-state index in [1.54, 1.807) is 6.92 Å². The van der Waals surface area contributed by atoms with Crippen molar-refractivity contribution >= 4 is 12.1 Å². The molecule has 1 N–H and O–H groups in total. The fourth-order valence-electron chi connectivity index (χ4n) is 1.77. The van der Waals surface area contributed by atoms with Gasteiger partial charge in [-0.25, -0.2) is 4.79 Å². The van der Waals surface area contributed by atoms with Crippen molar-refractivity contribution in [3.63, 3.8) is 0 Å². The summed E-state index contributed by atoms with van der Waals surface area (Å²) >= 11 is 0. The number of amides is 1. The maximum absolute atomic E-state index is 11.8. The predicted molar refractivity (Wildman–Crippen MR) is 76.6 cm³/mol. The molecule has 0 saturated heterocycles. The molecule has 1 amide bonds. The van der Waals surface area contributed by atoms with Gasteiger partial charge in [0, 0.05) is 14.2 Å². The van der Waals surface area contributed by atoms with Gasteiger partial charge in [-0.3, -0.25) is 4.79 Å². The van der Waals surface area contributed by atoms with Gasteiger partial charge in [-0.15, -0.1) is 0 Å². The van der Waals surface area contributed by atoms with Gasteiger partial charge in [0.1, 0.15) is 18.6 Å². The first-order valence-electron chi connectivity index (χ1n) is 6.56. The lowest BCUT2D eigenvalue weighted by Gasteiger charge is -2.25. The zero-order valence-electron chi connectivity index (χ0n) is 12.5. The van der Waals surface area contributed by atoms with Crippen LogP contribution in [0.1, 0.15) is 12.5 Å². The third-order valence-corrected chi connectivity index (χ3v) is 2.95. The quantitative estimate of drug-likeness (QED) is 0.776. The lowest BCUT2D eigenvalue weighted by atomic mass is 9.92. The van der Waals surface area contributed by atoms with Crippen LogP contribution in [-0.4, -0.2) is 39.4 Å². The number of nitrogens with one attached hydrogen (secondary N) is 1. The van der Waals surface area contributed by atoms with Gasteiger partial charge < -0.3 is 19.5 Å². The van der Waals surface area contributed by atoms with Crippen LogP contribution < -0.4 is 5.32 Å². The summed E-state index contributed by atoms with van der Waals surface area (Å²) in [7, 11) is 3.00. The Hall–Kier alpha value is -2.08. The highest BCUT2D eigenvalue weighted by atomic mass is 16.7. The molecular weight excluding hydrogens is 274 g/mol. The van der Waals surface area contributed by atoms with Crippen LogP contribution in [0.25, 0.3) is 0 Å². The molecule has 0 bridgehead atoms. The van der Waals surface area contributed by atoms with Crippen molar-refractivity contribution in [2.24, 2.45) is 5.41 Å². The monoisotopic (exact) mass is 295 g/mol. The highest BCUT2D eigenvalue weighted by molar-refractivity contribution is 5.82. The van der Waals surface area contributed by atoms with Crippen molar-refractivity contribution in [2.45, 2.75) is 13.5 Å². The largest absolute Gasteiger partial charge is 0.508 e. The summed E-state index contributed by atoms with van der Waals surface area (Å²) in [5, 5.41) is 2.52. The lowest BCUT2D eigenvalue weighted by molar-refractivity contribution is -0.135. The number of ether oxygens (including phenoxy) is 3. The molecular formula is C15H21NO5. The molecule has 21 heavy (non-hydrogen) atoms. The van der Waals surface area contributed by atoms with E-state index in [2.05, 4.69) is 5.32 Å². The Morgan fingerprint density at radius 2 is 1.81 bits per heavy atom. The lowest BCUT2D eigenvalue weighted by Crippen LogP contribution is -2.44. The highest BCUT2D eigenvalue weighted by Gasteiger charge is 2.34. The Labute approximate surface area is 124 Å². The maximum Gasteiger partial charge on any atom is 0.508 e. The summed E-state index contributed by atoms with van der Waals surface area (Å²) < 4.78 is 15.0. The third kappa shape index (κ3) is 5.43. The van der Waals surface area contributed by atoms with Gasteiger partial charge >= 0.3 is 6.16 Å². The zero-order valence-corrected chi connectivity index (χ0v) is 12.5. The molecule has 6 heteroatoms. The number of methoxy groups -OCH3 is 1. The summed E-state index contributed by atoms with van der Waals surface area (Å²) in [6, 6.07) is 9.26. The predicted octanol–water partition coefficient (Wildman–Crippen LogP) is 1.74. The molecule has 0 heterocycles. The molecule has 6 nitrogen and oxygen atoms in total. The molecule has 0 fully saturated rings. The number of rotatable bonds is 7. The number of benzene rings is 1. The zero-order chi connectivity index (χ0) is 15.7. The van der Waals surface area contributed by atoms with Crippen LogP contribution in [0.3, 0.4) is 0 Å². The van der Waals surface area contributed by atoms with Gasteiger partial charge in [0.25, 0.3) is 0 Å². The Morgan fingerprint density at radius 3 is 2.38 bits per heavy atom. The molecule has 0 aliphatic rings. The second kappa shape index (κ2) is 8.26. The van der Waals surface area contributed by atoms with Crippen molar-refractivity contribution in [3.05, 3.63) is 35.9 Å². The van der Waals surface area contributed by atoms with Crippen LogP contribution in [0.4, 0.5) is 4.79 Å². The fraction of sp³-hybridized carbons (Fsp3) is 0.467. The fourth-order valence-corrected chi connectivity index (χ4v) is 1.77. The van der Waals surface area contributed by atoms with E-state index in [-0.39, 0.29) is 25.7 Å². The standard InChI is InChI=1S/C15H21NO5/c1-15(10-19-3,13(17)16-2)11-21-14(18)20-9-12-7-5-4-6-8-12/h4-8H,9-11H2,1-3H3,(H,16,17). The second-order valence-corrected chi connectivity index (χ2v) is 4.89. The van der Waals surface area contributed by atoms with Gasteiger partial charge in [0.2, 0.25) is 5.91 Å². The van der Waals surface area contributed by atoms with E-state index in [0.29, 0.717) is 0 Å². The van der Waals surface area contributed by atoms with Crippen molar-refractivity contribution in [3.8, 4) is 0 Å². The van der Waals surface area contributed by atoms with Gasteiger partial charge in [-0.05, 0) is 12.5 Å². The van der Waals surface area contributed by atoms with E-state index < -0.39 is 11.6 Å². The van der Waals surface area contributed by atoms with Gasteiger partial charge in [0.05, 0.1) is 6.61 Å². The van der Waals surface area contributed by atoms with E-state index in [0.717, 1.165) is 5.56 Å². The van der Waals surface area contributed by atoms with Crippen LogP contribution in [-0.2, 0) is 25.6 Å². The summed E-state index contributed by atoms with van der Waals surface area (Å²) in [6.45, 7) is 1.80. The Morgan fingerprint density at radius 1 is 1.14 bits per heavy atom. The Bertz CT molecular complexity index is 462. The molecule has 0 radical (unpaired) electrons. The first-order chi connectivity index (χ1) is 10.0. The summed E-state index contributed by atoms with van der Waals surface area (Å²) in [4.78, 5) is 23.4. The Kier molecular flexibility index (Phi) is 6.68. The van der Waals surface area contributed by atoms with E-state index in [9.17, 15) is 9.59 Å². The molecule has 0 aliphatic heterocycles. The summed E-state index contributed by atoms with van der Waals surface area (Å²) in [5.41, 5.74) is -0.0877. The molecule has 1 unspecified atom stereocenters. The molecule has 1 aromatic rings. The van der Waals surface area contributed by atoms with E-state index in [1.807, 2.05) is 30.3 Å². The highest BCUT2D eigenvalue weighted by Crippen LogP contribution is 2.18. The SMILES string of the molecule is CNC(=O)C(C)(COC)COC(=O)OCc1ccccc1. The smallest absolute Gasteiger partial charge is 0.433 e. The molecule has 0 spiro atoms. The maximum atomic E-state index is 11.8. The van der Waals surface area contributed by atoms with Crippen molar-refractivity contribution in [1.29, 1.82) is 0 Å². The molecule has 0 aliphatic carbocycles. The number of hydrogen-bond acceptors (Lipinski definition) is 5. The first kappa shape index (κ1) is 17.0. The van der Waals surface area contributed by atoms with Crippen LogP contribution in [0.5, 0.6) is 0 Å². The normalized spacial score (nSPS) is 13.1. The third-order valence-electron chi connectivity index (χ3n) is 2.95. The summed E-state index contributed by atoms with van der Waals surface area (Å²) in [5.74, 6) is -0.264. The van der Waals surface area contributed by atoms with E-state index >= 15 is 0 Å². The second-order valence-electron chi connectivity index (χ2n) is 4.89. The van der Waals surface area contributed by atoms with Gasteiger partial charge in [0.15, 0.2) is 0 Å². The molecule has 1 rings (SSSR count). The van der Waals surface area contributed by atoms with Crippen molar-refractivity contribution in [2.75, 3.05) is 27.4 Å². The van der Waals surface area contributed by atoms with Crippen LogP contribution in [0, 0.1) is 5.41 Å². The minimum absolute atomic E-state index is 0.117. The van der Waals surface area contributed by atoms with Crippen molar-refractivity contribution < 1.29 is 23.8 Å². The van der Waals surface area contributed by atoms with E-state index in [4.69, 9.17) is 14.2 Å². The van der Waals surface area contributed by atoms with Crippen LogP contribution in [0.2, 0.25) is 0 Å². The average Bonchev–Trinajstić information content (AvgIpc) is 2.51. The van der Waals surface area contributed by atoms with Crippen LogP contribution >= 0.6 is 0 Å². The summed E-state index contributed by atoms with van der Waals surface area (Å²) in [6.07, 6.45) is -0.815. The van der Waals surface area contributed by atoms with Crippen molar-refractivity contribution in [1.82, 2.24) is 5.32 Å². The number of hydrogen-bond donors (Lipinski definition) is 1. The van der Waals surface area contributed by atoms with Gasteiger partial charge in [-0.1, -0.05) is 30.3 Å². The van der Waals surface area contributed by atoms with Crippen LogP contribution in [0.15, 0.2) is 30.3 Å². The topological polar surface area (TPSA) is 73.9 Å². The average molecular weight is 295 g/mol. The molecule has 1 atom stereocenters.